The first-order chi connectivity index (χ1) is 13.5. The Morgan fingerprint density at radius 1 is 1.21 bits per heavy atom. The molecule has 1 atom stereocenters. The third-order valence-corrected chi connectivity index (χ3v) is 7.30. The van der Waals surface area contributed by atoms with E-state index in [4.69, 9.17) is 29.8 Å². The third kappa shape index (κ3) is 3.69. The van der Waals surface area contributed by atoms with Crippen molar-refractivity contribution in [1.29, 1.82) is 0 Å². The molecule has 2 saturated heterocycles. The SMILES string of the molecule is [C-]#[N+]CC1CCC(N2CCC3(CCCN(c4ncc(Cl)cc4Cl)C3)C2=O)CC1. The molecule has 3 heterocycles. The molecule has 0 aromatic carbocycles. The van der Waals surface area contributed by atoms with E-state index in [0.717, 1.165) is 63.9 Å². The molecule has 0 radical (unpaired) electrons. The fourth-order valence-electron chi connectivity index (χ4n) is 5.30. The van der Waals surface area contributed by atoms with Gasteiger partial charge in [0.1, 0.15) is 5.82 Å². The Hall–Kier alpha value is -1.51. The van der Waals surface area contributed by atoms with Crippen LogP contribution in [0.25, 0.3) is 4.85 Å². The molecule has 0 N–H and O–H groups in total. The molecule has 28 heavy (non-hydrogen) atoms. The highest BCUT2D eigenvalue weighted by atomic mass is 35.5. The molecule has 1 saturated carbocycles. The molecule has 1 aromatic rings. The van der Waals surface area contributed by atoms with Crippen LogP contribution in [0.3, 0.4) is 0 Å². The van der Waals surface area contributed by atoms with Crippen LogP contribution in [-0.2, 0) is 4.79 Å². The summed E-state index contributed by atoms with van der Waals surface area (Å²) in [4.78, 5) is 25.8. The second-order valence-electron chi connectivity index (χ2n) is 8.53. The van der Waals surface area contributed by atoms with Gasteiger partial charge in [0.25, 0.3) is 0 Å². The maximum Gasteiger partial charge on any atom is 0.230 e. The van der Waals surface area contributed by atoms with E-state index in [1.807, 2.05) is 0 Å². The molecule has 7 heteroatoms. The van der Waals surface area contributed by atoms with Gasteiger partial charge in [0, 0.05) is 37.8 Å². The normalized spacial score (nSPS) is 30.7. The van der Waals surface area contributed by atoms with Crippen molar-refractivity contribution >= 4 is 34.9 Å². The van der Waals surface area contributed by atoms with E-state index in [9.17, 15) is 4.79 Å². The van der Waals surface area contributed by atoms with E-state index in [0.29, 0.717) is 41.0 Å². The number of anilines is 1. The van der Waals surface area contributed by atoms with Gasteiger partial charge in [0.05, 0.1) is 15.5 Å². The van der Waals surface area contributed by atoms with Crippen LogP contribution in [0.4, 0.5) is 5.82 Å². The van der Waals surface area contributed by atoms with Crippen LogP contribution >= 0.6 is 23.2 Å². The lowest BCUT2D eigenvalue weighted by atomic mass is 9.78. The summed E-state index contributed by atoms with van der Waals surface area (Å²) in [5.74, 6) is 1.57. The van der Waals surface area contributed by atoms with Crippen LogP contribution in [0.1, 0.15) is 44.9 Å². The van der Waals surface area contributed by atoms with Crippen LogP contribution in [0, 0.1) is 17.9 Å². The number of pyridine rings is 1. The Kier molecular flexibility index (Phi) is 5.71. The zero-order valence-corrected chi connectivity index (χ0v) is 17.6. The molecule has 0 bridgehead atoms. The Bertz CT molecular complexity index is 787. The van der Waals surface area contributed by atoms with Crippen LogP contribution in [-0.4, -0.2) is 48.0 Å². The summed E-state index contributed by atoms with van der Waals surface area (Å²) in [6.45, 7) is 10.1. The van der Waals surface area contributed by atoms with Crippen molar-refractivity contribution in [3.8, 4) is 0 Å². The molecule has 1 unspecified atom stereocenters. The summed E-state index contributed by atoms with van der Waals surface area (Å²) < 4.78 is 0. The zero-order valence-electron chi connectivity index (χ0n) is 16.0. The molecule has 2 aliphatic heterocycles. The molecule has 1 aliphatic carbocycles. The van der Waals surface area contributed by atoms with Crippen molar-refractivity contribution in [2.45, 2.75) is 51.0 Å². The number of nitrogens with zero attached hydrogens (tertiary/aromatic N) is 4. The van der Waals surface area contributed by atoms with Crippen LogP contribution in [0.5, 0.6) is 0 Å². The van der Waals surface area contributed by atoms with Gasteiger partial charge in [-0.05, 0) is 51.0 Å². The average Bonchev–Trinajstić information content (AvgIpc) is 2.99. The maximum atomic E-state index is 13.5. The summed E-state index contributed by atoms with van der Waals surface area (Å²) >= 11 is 12.4. The number of halogens is 2. The van der Waals surface area contributed by atoms with Gasteiger partial charge in [-0.2, -0.15) is 0 Å². The molecule has 3 aliphatic rings. The molecule has 5 nitrogen and oxygen atoms in total. The van der Waals surface area contributed by atoms with Gasteiger partial charge in [-0.25, -0.2) is 11.6 Å². The molecule has 4 rings (SSSR count). The van der Waals surface area contributed by atoms with Gasteiger partial charge in [0.15, 0.2) is 0 Å². The van der Waals surface area contributed by atoms with E-state index >= 15 is 0 Å². The third-order valence-electron chi connectivity index (χ3n) is 6.82. The quantitative estimate of drug-likeness (QED) is 0.666. The molecule has 1 aromatic heterocycles. The molecular weight excluding hydrogens is 395 g/mol. The van der Waals surface area contributed by atoms with Gasteiger partial charge < -0.3 is 14.6 Å². The van der Waals surface area contributed by atoms with Crippen LogP contribution in [0.2, 0.25) is 10.0 Å². The largest absolute Gasteiger partial charge is 0.354 e. The van der Waals surface area contributed by atoms with Crippen molar-refractivity contribution in [3.05, 3.63) is 33.7 Å². The highest BCUT2D eigenvalue weighted by molar-refractivity contribution is 6.36. The zero-order chi connectivity index (χ0) is 19.7. The van der Waals surface area contributed by atoms with Crippen molar-refractivity contribution in [3.63, 3.8) is 0 Å². The molecule has 1 spiro atoms. The van der Waals surface area contributed by atoms with Gasteiger partial charge in [-0.1, -0.05) is 23.2 Å². The minimum absolute atomic E-state index is 0.309. The number of carbonyl (C=O) groups is 1. The van der Waals surface area contributed by atoms with Crippen LogP contribution < -0.4 is 4.90 Å². The van der Waals surface area contributed by atoms with E-state index < -0.39 is 0 Å². The Labute approximate surface area is 176 Å². The Morgan fingerprint density at radius 2 is 2.00 bits per heavy atom. The highest BCUT2D eigenvalue weighted by Crippen LogP contribution is 2.44. The average molecular weight is 421 g/mol. The summed E-state index contributed by atoms with van der Waals surface area (Å²) in [5.41, 5.74) is -0.309. The first-order valence-electron chi connectivity index (χ1n) is 10.2. The predicted molar refractivity (Wildman–Crippen MR) is 112 cm³/mol. The lowest BCUT2D eigenvalue weighted by Gasteiger charge is -2.41. The second-order valence-corrected chi connectivity index (χ2v) is 9.37. The van der Waals surface area contributed by atoms with Gasteiger partial charge >= 0.3 is 0 Å². The Balaban J connectivity index is 1.45. The van der Waals surface area contributed by atoms with E-state index in [2.05, 4.69) is 19.6 Å². The van der Waals surface area contributed by atoms with Gasteiger partial charge in [-0.15, -0.1) is 0 Å². The standard InChI is InChI=1S/C21H26Cl2N4O/c1-24-12-15-3-5-17(6-4-15)27-10-8-21(20(27)28)7-2-9-26(14-21)19-18(23)11-16(22)13-25-19/h11,13,15,17H,2-10,12,14H2. The smallest absolute Gasteiger partial charge is 0.230 e. The van der Waals surface area contributed by atoms with E-state index in [-0.39, 0.29) is 5.41 Å². The number of hydrogen-bond acceptors (Lipinski definition) is 3. The first kappa shape index (κ1) is 19.8. The minimum atomic E-state index is -0.309. The number of aromatic nitrogens is 1. The number of hydrogen-bond donors (Lipinski definition) is 0. The van der Waals surface area contributed by atoms with E-state index in [1.54, 1.807) is 12.3 Å². The summed E-state index contributed by atoms with van der Waals surface area (Å²) in [6.07, 6.45) is 8.66. The fraction of sp³-hybridized carbons (Fsp3) is 0.667. The summed E-state index contributed by atoms with van der Waals surface area (Å²) in [7, 11) is 0. The van der Waals surface area contributed by atoms with Crippen molar-refractivity contribution < 1.29 is 4.79 Å². The van der Waals surface area contributed by atoms with Gasteiger partial charge in [0.2, 0.25) is 12.5 Å². The summed E-state index contributed by atoms with van der Waals surface area (Å²) in [6, 6.07) is 2.07. The van der Waals surface area contributed by atoms with Crippen molar-refractivity contribution in [2.75, 3.05) is 31.1 Å². The van der Waals surface area contributed by atoms with Crippen molar-refractivity contribution in [1.82, 2.24) is 9.88 Å². The second kappa shape index (κ2) is 8.08. The predicted octanol–water partition coefficient (Wildman–Crippen LogP) is 4.69. The van der Waals surface area contributed by atoms with Crippen molar-refractivity contribution in [2.24, 2.45) is 11.3 Å². The number of carbonyl (C=O) groups excluding carboxylic acids is 1. The molecule has 150 valence electrons. The Morgan fingerprint density at radius 3 is 2.71 bits per heavy atom. The number of amides is 1. The number of likely N-dealkylation sites (tertiary alicyclic amines) is 1. The topological polar surface area (TPSA) is 40.8 Å². The lowest BCUT2D eigenvalue weighted by Crippen LogP contribution is -2.50. The molecule has 1 amide bonds. The van der Waals surface area contributed by atoms with Gasteiger partial charge in [-0.3, -0.25) is 4.79 Å². The first-order valence-corrected chi connectivity index (χ1v) is 11.0. The fourth-order valence-corrected chi connectivity index (χ4v) is 5.80. The van der Waals surface area contributed by atoms with Crippen LogP contribution in [0.15, 0.2) is 12.3 Å². The monoisotopic (exact) mass is 420 g/mol. The number of rotatable bonds is 3. The minimum Gasteiger partial charge on any atom is -0.354 e. The molecular formula is C21H26Cl2N4O. The highest BCUT2D eigenvalue weighted by Gasteiger charge is 2.51. The summed E-state index contributed by atoms with van der Waals surface area (Å²) in [5, 5.41) is 1.07. The maximum absolute atomic E-state index is 13.5. The lowest BCUT2D eigenvalue weighted by molar-refractivity contribution is -0.139. The number of piperidine rings is 1. The molecule has 3 fully saturated rings. The van der Waals surface area contributed by atoms with E-state index in [1.165, 1.54) is 0 Å².